The molecule has 2 heterocycles. The number of rotatable bonds is 5. The highest BCUT2D eigenvalue weighted by Crippen LogP contribution is 2.23. The largest absolute Gasteiger partial charge is 0.338 e. The number of carbonyl (C=O) groups excluding carboxylic acids is 1. The Kier molecular flexibility index (Phi) is 4.90. The molecule has 6 nitrogen and oxygen atoms in total. The molecule has 1 aliphatic rings. The molecule has 2 N–H and O–H groups in total. The molecule has 0 unspecified atom stereocenters. The highest BCUT2D eigenvalue weighted by atomic mass is 16.2. The van der Waals surface area contributed by atoms with E-state index in [0.717, 1.165) is 25.9 Å². The summed E-state index contributed by atoms with van der Waals surface area (Å²) in [5.41, 5.74) is 5.81. The van der Waals surface area contributed by atoms with Crippen molar-refractivity contribution in [3.8, 4) is 0 Å². The van der Waals surface area contributed by atoms with Crippen LogP contribution >= 0.6 is 0 Å². The van der Waals surface area contributed by atoms with E-state index in [0.29, 0.717) is 18.9 Å². The maximum absolute atomic E-state index is 12.3. The van der Waals surface area contributed by atoms with E-state index < -0.39 is 0 Å². The van der Waals surface area contributed by atoms with E-state index in [1.165, 1.54) is 12.7 Å². The van der Waals surface area contributed by atoms with E-state index in [9.17, 15) is 4.79 Å². The van der Waals surface area contributed by atoms with Crippen LogP contribution < -0.4 is 5.73 Å². The molecule has 0 aromatic carbocycles. The monoisotopic (exact) mass is 265 g/mol. The average Bonchev–Trinajstić information content (AvgIpc) is 2.91. The molecule has 0 bridgehead atoms. The SMILES string of the molecule is C[C@H]1CCCN(C(=O)CCCn2cncn2)[C@@H]1CN. The zero-order valence-electron chi connectivity index (χ0n) is 11.5. The molecule has 1 amide bonds. The maximum Gasteiger partial charge on any atom is 0.222 e. The molecule has 1 aromatic rings. The van der Waals surface area contributed by atoms with Crippen molar-refractivity contribution in [2.75, 3.05) is 13.1 Å². The van der Waals surface area contributed by atoms with Crippen molar-refractivity contribution < 1.29 is 4.79 Å². The van der Waals surface area contributed by atoms with Gasteiger partial charge in [0.2, 0.25) is 5.91 Å². The summed E-state index contributed by atoms with van der Waals surface area (Å²) in [7, 11) is 0. The van der Waals surface area contributed by atoms with Crippen molar-refractivity contribution in [1.82, 2.24) is 19.7 Å². The van der Waals surface area contributed by atoms with Gasteiger partial charge in [-0.05, 0) is 25.2 Å². The smallest absolute Gasteiger partial charge is 0.222 e. The molecular weight excluding hydrogens is 242 g/mol. The van der Waals surface area contributed by atoms with Gasteiger partial charge in [-0.25, -0.2) is 4.98 Å². The van der Waals surface area contributed by atoms with Gasteiger partial charge >= 0.3 is 0 Å². The van der Waals surface area contributed by atoms with Crippen LogP contribution in [0.3, 0.4) is 0 Å². The van der Waals surface area contributed by atoms with E-state index in [-0.39, 0.29) is 11.9 Å². The standard InChI is InChI=1S/C13H23N5O/c1-11-4-2-7-18(12(11)8-14)13(19)5-3-6-17-10-15-9-16-17/h9-12H,2-8,14H2,1H3/t11-,12+/m0/s1. The zero-order chi connectivity index (χ0) is 13.7. The molecular formula is C13H23N5O. The summed E-state index contributed by atoms with van der Waals surface area (Å²) in [4.78, 5) is 18.1. The van der Waals surface area contributed by atoms with Gasteiger partial charge in [-0.3, -0.25) is 9.48 Å². The van der Waals surface area contributed by atoms with Crippen LogP contribution in [0.4, 0.5) is 0 Å². The van der Waals surface area contributed by atoms with Gasteiger partial charge in [0, 0.05) is 32.1 Å². The molecule has 1 aromatic heterocycles. The Hall–Kier alpha value is -1.43. The highest BCUT2D eigenvalue weighted by Gasteiger charge is 2.30. The predicted molar refractivity (Wildman–Crippen MR) is 72.2 cm³/mol. The number of carbonyl (C=O) groups is 1. The first-order chi connectivity index (χ1) is 9.22. The minimum Gasteiger partial charge on any atom is -0.338 e. The second-order valence-electron chi connectivity index (χ2n) is 5.27. The summed E-state index contributed by atoms with van der Waals surface area (Å²) >= 11 is 0. The Morgan fingerprint density at radius 2 is 2.37 bits per heavy atom. The fourth-order valence-electron chi connectivity index (χ4n) is 2.80. The lowest BCUT2D eigenvalue weighted by Gasteiger charge is -2.39. The summed E-state index contributed by atoms with van der Waals surface area (Å²) in [6.07, 6.45) is 6.80. The first kappa shape index (κ1) is 14.0. The molecule has 0 spiro atoms. The van der Waals surface area contributed by atoms with Gasteiger partial charge in [-0.15, -0.1) is 0 Å². The Balaban J connectivity index is 1.81. The molecule has 19 heavy (non-hydrogen) atoms. The lowest BCUT2D eigenvalue weighted by atomic mass is 9.90. The van der Waals surface area contributed by atoms with Crippen LogP contribution in [0.2, 0.25) is 0 Å². The van der Waals surface area contributed by atoms with E-state index in [4.69, 9.17) is 5.73 Å². The van der Waals surface area contributed by atoms with Crippen molar-refractivity contribution in [1.29, 1.82) is 0 Å². The Bertz CT molecular complexity index is 392. The minimum absolute atomic E-state index is 0.215. The van der Waals surface area contributed by atoms with E-state index in [1.807, 2.05) is 4.90 Å². The molecule has 1 fully saturated rings. The second-order valence-corrected chi connectivity index (χ2v) is 5.27. The third kappa shape index (κ3) is 3.53. The van der Waals surface area contributed by atoms with Gasteiger partial charge in [0.15, 0.2) is 0 Å². The summed E-state index contributed by atoms with van der Waals surface area (Å²) in [6, 6.07) is 0.215. The molecule has 1 saturated heterocycles. The van der Waals surface area contributed by atoms with Crippen molar-refractivity contribution in [2.45, 2.75) is 45.2 Å². The minimum atomic E-state index is 0.215. The van der Waals surface area contributed by atoms with Crippen molar-refractivity contribution in [3.63, 3.8) is 0 Å². The van der Waals surface area contributed by atoms with Gasteiger partial charge in [-0.2, -0.15) is 5.10 Å². The predicted octanol–water partition coefficient (Wildman–Crippen LogP) is 0.644. The number of nitrogens with zero attached hydrogens (tertiary/aromatic N) is 4. The van der Waals surface area contributed by atoms with E-state index >= 15 is 0 Å². The third-order valence-corrected chi connectivity index (χ3v) is 3.92. The number of nitrogens with two attached hydrogens (primary N) is 1. The van der Waals surface area contributed by atoms with Crippen LogP contribution in [-0.2, 0) is 11.3 Å². The van der Waals surface area contributed by atoms with Crippen LogP contribution in [0.25, 0.3) is 0 Å². The molecule has 0 radical (unpaired) electrons. The first-order valence-electron chi connectivity index (χ1n) is 7.04. The van der Waals surface area contributed by atoms with Gasteiger partial charge < -0.3 is 10.6 Å². The average molecular weight is 265 g/mol. The number of hydrogen-bond acceptors (Lipinski definition) is 4. The van der Waals surface area contributed by atoms with Gasteiger partial charge in [0.05, 0.1) is 0 Å². The van der Waals surface area contributed by atoms with E-state index in [1.54, 1.807) is 11.0 Å². The Morgan fingerprint density at radius 3 is 3.05 bits per heavy atom. The normalized spacial score (nSPS) is 23.6. The van der Waals surface area contributed by atoms with E-state index in [2.05, 4.69) is 17.0 Å². The van der Waals surface area contributed by atoms with Crippen molar-refractivity contribution in [2.24, 2.45) is 11.7 Å². The molecule has 106 valence electrons. The van der Waals surface area contributed by atoms with Crippen LogP contribution in [0, 0.1) is 5.92 Å². The number of aromatic nitrogens is 3. The summed E-state index contributed by atoms with van der Waals surface area (Å²) in [5, 5.41) is 4.03. The number of hydrogen-bond donors (Lipinski definition) is 1. The Labute approximate surface area is 114 Å². The molecule has 1 aliphatic heterocycles. The lowest BCUT2D eigenvalue weighted by Crippen LogP contribution is -2.51. The first-order valence-corrected chi connectivity index (χ1v) is 7.04. The summed E-state index contributed by atoms with van der Waals surface area (Å²) in [5.74, 6) is 0.736. The zero-order valence-corrected chi connectivity index (χ0v) is 11.5. The van der Waals surface area contributed by atoms with Crippen molar-refractivity contribution in [3.05, 3.63) is 12.7 Å². The number of likely N-dealkylation sites (tertiary alicyclic amines) is 1. The third-order valence-electron chi connectivity index (χ3n) is 3.92. The number of amides is 1. The second kappa shape index (κ2) is 6.65. The highest BCUT2D eigenvalue weighted by molar-refractivity contribution is 5.76. The number of piperidine rings is 1. The van der Waals surface area contributed by atoms with Gasteiger partial charge in [0.25, 0.3) is 0 Å². The molecule has 6 heteroatoms. The van der Waals surface area contributed by atoms with Gasteiger partial charge in [0.1, 0.15) is 12.7 Å². The maximum atomic E-state index is 12.3. The molecule has 0 aliphatic carbocycles. The van der Waals surface area contributed by atoms with Crippen LogP contribution in [0.1, 0.15) is 32.6 Å². The molecule has 0 saturated carbocycles. The van der Waals surface area contributed by atoms with Crippen molar-refractivity contribution >= 4 is 5.91 Å². The summed E-state index contributed by atoms with van der Waals surface area (Å²) < 4.78 is 1.76. The summed E-state index contributed by atoms with van der Waals surface area (Å²) in [6.45, 7) is 4.35. The van der Waals surface area contributed by atoms with Crippen LogP contribution in [-0.4, -0.2) is 44.7 Å². The van der Waals surface area contributed by atoms with Gasteiger partial charge in [-0.1, -0.05) is 6.92 Å². The fourth-order valence-corrected chi connectivity index (χ4v) is 2.80. The Morgan fingerprint density at radius 1 is 1.53 bits per heavy atom. The fraction of sp³-hybridized carbons (Fsp3) is 0.769. The number of aryl methyl sites for hydroxylation is 1. The quantitative estimate of drug-likeness (QED) is 0.847. The van der Waals surface area contributed by atoms with Crippen LogP contribution in [0.15, 0.2) is 12.7 Å². The molecule has 2 atom stereocenters. The molecule has 2 rings (SSSR count). The lowest BCUT2D eigenvalue weighted by molar-refractivity contribution is -0.136. The van der Waals surface area contributed by atoms with Crippen LogP contribution in [0.5, 0.6) is 0 Å². The topological polar surface area (TPSA) is 77.0 Å².